The highest BCUT2D eigenvalue weighted by molar-refractivity contribution is 5.97. The lowest BCUT2D eigenvalue weighted by atomic mass is 9.89. The van der Waals surface area contributed by atoms with Crippen LogP contribution in [0.2, 0.25) is 0 Å². The number of hydrogen-bond donors (Lipinski definition) is 0. The number of alkyl halides is 2. The molecular weight excluding hydrogens is 374 g/mol. The van der Waals surface area contributed by atoms with Crippen LogP contribution in [0.25, 0.3) is 12.7 Å². The van der Waals surface area contributed by atoms with Crippen LogP contribution in [-0.4, -0.2) is 50.5 Å². The van der Waals surface area contributed by atoms with E-state index in [-0.39, 0.29) is 18.5 Å². The summed E-state index contributed by atoms with van der Waals surface area (Å²) < 4.78 is 30.3. The topological polar surface area (TPSA) is 43.1 Å². The number of rotatable bonds is 5. The lowest BCUT2D eigenvalue weighted by Crippen LogP contribution is -2.43. The zero-order valence-corrected chi connectivity index (χ0v) is 17.7. The average Bonchev–Trinajstić information content (AvgIpc) is 3.26. The smallest absolute Gasteiger partial charge is 0.265 e. The minimum Gasteiger partial charge on any atom is -0.341 e. The molecule has 0 amide bonds. The molecule has 1 aliphatic heterocycles. The molecule has 2 aromatic heterocycles. The Labute approximate surface area is 170 Å². The van der Waals surface area contributed by atoms with Gasteiger partial charge < -0.3 is 4.57 Å². The van der Waals surface area contributed by atoms with Crippen LogP contribution in [0.4, 0.5) is 8.78 Å². The van der Waals surface area contributed by atoms with Crippen molar-refractivity contribution in [2.24, 2.45) is 5.92 Å². The van der Waals surface area contributed by atoms with Gasteiger partial charge in [0.05, 0.1) is 12.1 Å². The van der Waals surface area contributed by atoms with Gasteiger partial charge in [0.1, 0.15) is 6.33 Å². The van der Waals surface area contributed by atoms with E-state index in [0.717, 1.165) is 36.0 Å². The first kappa shape index (κ1) is 21.4. The Hall–Kier alpha value is -2.28. The van der Waals surface area contributed by atoms with E-state index in [2.05, 4.69) is 23.1 Å². The molecule has 3 heterocycles. The zero-order valence-electron chi connectivity index (χ0n) is 17.7. The second-order valence-electron chi connectivity index (χ2n) is 8.18. The molecular formula is C22H30F2N4O. The molecule has 2 aromatic rings. The van der Waals surface area contributed by atoms with Crippen LogP contribution in [0.5, 0.6) is 0 Å². The third-order valence-corrected chi connectivity index (χ3v) is 6.04. The van der Waals surface area contributed by atoms with Crippen molar-refractivity contribution in [1.29, 1.82) is 0 Å². The summed E-state index contributed by atoms with van der Waals surface area (Å²) in [5.74, 6) is -2.44. The summed E-state index contributed by atoms with van der Waals surface area (Å²) in [5.41, 5.74) is 1.49. The van der Waals surface area contributed by atoms with Crippen molar-refractivity contribution in [2.75, 3.05) is 19.6 Å². The van der Waals surface area contributed by atoms with Gasteiger partial charge >= 0.3 is 0 Å². The average molecular weight is 405 g/mol. The minimum atomic E-state index is -2.66. The Balaban J connectivity index is 1.87. The molecule has 158 valence electrons. The van der Waals surface area contributed by atoms with Gasteiger partial charge in [0, 0.05) is 41.6 Å². The summed E-state index contributed by atoms with van der Waals surface area (Å²) in [6.45, 7) is 12.4. The fourth-order valence-corrected chi connectivity index (χ4v) is 4.62. The van der Waals surface area contributed by atoms with Gasteiger partial charge in [-0.25, -0.2) is 13.8 Å². The normalized spacial score (nSPS) is 18.3. The standard InChI is InChI=1S/C22H30F2N4O/c1-6-19-15(2)20(21(29)27-12-9-25-14-27)17(4)28(19)16(3)18-7-10-26(11-8-18)13-22(5,23)24/h6,9,12,14,16,18H,2,7-8,10-11,13H2,1,3-5H3. The van der Waals surface area contributed by atoms with Crippen molar-refractivity contribution >= 4 is 18.6 Å². The van der Waals surface area contributed by atoms with Gasteiger partial charge in [0.2, 0.25) is 0 Å². The molecule has 29 heavy (non-hydrogen) atoms. The first-order valence-electron chi connectivity index (χ1n) is 10.1. The second-order valence-corrected chi connectivity index (χ2v) is 8.18. The Kier molecular flexibility index (Phi) is 6.08. The summed E-state index contributed by atoms with van der Waals surface area (Å²) >= 11 is 0. The van der Waals surface area contributed by atoms with Crippen LogP contribution in [0.1, 0.15) is 55.7 Å². The molecule has 7 heteroatoms. The number of carbonyl (C=O) groups is 1. The van der Waals surface area contributed by atoms with Crippen LogP contribution in [0.15, 0.2) is 18.7 Å². The minimum absolute atomic E-state index is 0.140. The summed E-state index contributed by atoms with van der Waals surface area (Å²) in [4.78, 5) is 18.8. The van der Waals surface area contributed by atoms with E-state index in [9.17, 15) is 13.6 Å². The number of imidazole rings is 1. The van der Waals surface area contributed by atoms with Crippen LogP contribution in [0.3, 0.4) is 0 Å². The quantitative estimate of drug-likeness (QED) is 0.770. The van der Waals surface area contributed by atoms with E-state index in [4.69, 9.17) is 0 Å². The van der Waals surface area contributed by atoms with Crippen LogP contribution >= 0.6 is 0 Å². The molecule has 0 spiro atoms. The number of aromatic nitrogens is 3. The molecule has 1 atom stereocenters. The lowest BCUT2D eigenvalue weighted by molar-refractivity contribution is -0.0240. The van der Waals surface area contributed by atoms with Gasteiger partial charge in [-0.05, 0) is 52.6 Å². The highest BCUT2D eigenvalue weighted by atomic mass is 19.3. The maximum atomic E-state index is 13.3. The van der Waals surface area contributed by atoms with E-state index in [1.807, 2.05) is 24.8 Å². The SMILES string of the molecule is C=c1c(C(=O)n2ccnc2)c(C)n(C(C)C2CCN(CC(C)(F)F)CC2)c1=CC. The maximum absolute atomic E-state index is 13.3. The molecule has 0 bridgehead atoms. The van der Waals surface area contributed by atoms with Crippen molar-refractivity contribution in [2.45, 2.75) is 52.5 Å². The first-order valence-corrected chi connectivity index (χ1v) is 10.1. The number of carbonyl (C=O) groups excluding carboxylic acids is 1. The molecule has 3 rings (SSSR count). The third-order valence-electron chi connectivity index (χ3n) is 6.04. The molecule has 0 aliphatic carbocycles. The Morgan fingerprint density at radius 1 is 1.41 bits per heavy atom. The van der Waals surface area contributed by atoms with Crippen LogP contribution < -0.4 is 10.6 Å². The van der Waals surface area contributed by atoms with E-state index < -0.39 is 5.92 Å². The van der Waals surface area contributed by atoms with Crippen molar-refractivity contribution in [3.8, 4) is 0 Å². The van der Waals surface area contributed by atoms with Crippen molar-refractivity contribution in [3.05, 3.63) is 40.5 Å². The summed E-state index contributed by atoms with van der Waals surface area (Å²) in [6, 6.07) is 0.148. The zero-order chi connectivity index (χ0) is 21.3. The fraction of sp³-hybridized carbons (Fsp3) is 0.545. The van der Waals surface area contributed by atoms with Gasteiger partial charge in [0.25, 0.3) is 11.8 Å². The predicted octanol–water partition coefficient (Wildman–Crippen LogP) is 2.82. The first-order chi connectivity index (χ1) is 13.6. The molecule has 0 saturated carbocycles. The van der Waals surface area contributed by atoms with Crippen molar-refractivity contribution in [3.63, 3.8) is 0 Å². The molecule has 0 radical (unpaired) electrons. The van der Waals surface area contributed by atoms with Crippen LogP contribution in [0, 0.1) is 12.8 Å². The highest BCUT2D eigenvalue weighted by Crippen LogP contribution is 2.30. The van der Waals surface area contributed by atoms with Gasteiger partial charge in [-0.1, -0.05) is 12.7 Å². The molecule has 5 nitrogen and oxygen atoms in total. The summed E-state index contributed by atoms with van der Waals surface area (Å²) in [5, 5.41) is 1.67. The van der Waals surface area contributed by atoms with E-state index in [1.54, 1.807) is 12.4 Å². The fourth-order valence-electron chi connectivity index (χ4n) is 4.62. The van der Waals surface area contributed by atoms with E-state index in [1.165, 1.54) is 10.9 Å². The largest absolute Gasteiger partial charge is 0.341 e. The van der Waals surface area contributed by atoms with Gasteiger partial charge in [-0.15, -0.1) is 0 Å². The molecule has 1 saturated heterocycles. The van der Waals surface area contributed by atoms with E-state index >= 15 is 0 Å². The highest BCUT2D eigenvalue weighted by Gasteiger charge is 2.31. The maximum Gasteiger partial charge on any atom is 0.265 e. The Morgan fingerprint density at radius 3 is 2.59 bits per heavy atom. The number of likely N-dealkylation sites (tertiary alicyclic amines) is 1. The number of piperidine rings is 1. The lowest BCUT2D eigenvalue weighted by Gasteiger charge is -2.36. The van der Waals surface area contributed by atoms with Gasteiger partial charge in [0.15, 0.2) is 0 Å². The van der Waals surface area contributed by atoms with Gasteiger partial charge in [-0.2, -0.15) is 0 Å². The van der Waals surface area contributed by atoms with Crippen LogP contribution in [-0.2, 0) is 0 Å². The molecule has 1 fully saturated rings. The molecule has 0 aromatic carbocycles. The predicted molar refractivity (Wildman–Crippen MR) is 111 cm³/mol. The molecule has 1 aliphatic rings. The number of halogens is 2. The van der Waals surface area contributed by atoms with Crippen molar-refractivity contribution < 1.29 is 13.6 Å². The van der Waals surface area contributed by atoms with Gasteiger partial charge in [-0.3, -0.25) is 14.3 Å². The molecule has 0 N–H and O–H groups in total. The number of hydrogen-bond acceptors (Lipinski definition) is 3. The summed E-state index contributed by atoms with van der Waals surface area (Å²) in [6.07, 6.45) is 8.41. The molecule has 1 unspecified atom stereocenters. The summed E-state index contributed by atoms with van der Waals surface area (Å²) in [7, 11) is 0. The van der Waals surface area contributed by atoms with Crippen molar-refractivity contribution in [1.82, 2.24) is 19.0 Å². The Morgan fingerprint density at radius 2 is 2.07 bits per heavy atom. The third kappa shape index (κ3) is 4.34. The van der Waals surface area contributed by atoms with E-state index in [0.29, 0.717) is 24.6 Å². The number of nitrogens with zero attached hydrogens (tertiary/aromatic N) is 4. The Bertz CT molecular complexity index is 964. The second kappa shape index (κ2) is 8.22. The monoisotopic (exact) mass is 404 g/mol.